The minimum absolute atomic E-state index is 0.0377. The van der Waals surface area contributed by atoms with E-state index in [1.54, 1.807) is 6.07 Å². The van der Waals surface area contributed by atoms with Gasteiger partial charge in [0.2, 0.25) is 0 Å². The van der Waals surface area contributed by atoms with Crippen molar-refractivity contribution in [2.75, 3.05) is 19.8 Å². The van der Waals surface area contributed by atoms with E-state index in [1.807, 2.05) is 0 Å². The first-order valence-electron chi connectivity index (χ1n) is 5.40. The van der Waals surface area contributed by atoms with E-state index < -0.39 is 18.6 Å². The van der Waals surface area contributed by atoms with Gasteiger partial charge in [0.15, 0.2) is 0 Å². The molecule has 7 heteroatoms. The predicted octanol–water partition coefficient (Wildman–Crippen LogP) is 3.05. The molecule has 0 atom stereocenters. The Morgan fingerprint density at radius 3 is 2.58 bits per heavy atom. The van der Waals surface area contributed by atoms with Gasteiger partial charge in [-0.25, -0.2) is 4.39 Å². The third-order valence-electron chi connectivity index (χ3n) is 2.04. The zero-order chi connectivity index (χ0) is 14.3. The van der Waals surface area contributed by atoms with E-state index in [-0.39, 0.29) is 30.9 Å². The maximum atomic E-state index is 13.2. The smallest absolute Gasteiger partial charge is 0.411 e. The average molecular weight is 277 g/mol. The maximum absolute atomic E-state index is 13.2. The topological polar surface area (TPSA) is 42.2 Å². The zero-order valence-electron chi connectivity index (χ0n) is 9.84. The second kappa shape index (κ2) is 6.95. The summed E-state index contributed by atoms with van der Waals surface area (Å²) in [6, 6.07) is 5.57. The van der Waals surface area contributed by atoms with Crippen LogP contribution in [0.3, 0.4) is 0 Å². The van der Waals surface area contributed by atoms with Crippen molar-refractivity contribution in [3.8, 4) is 11.8 Å². The fourth-order valence-electron chi connectivity index (χ4n) is 1.26. The molecule has 0 saturated carbocycles. The van der Waals surface area contributed by atoms with Gasteiger partial charge in [0.05, 0.1) is 13.2 Å². The van der Waals surface area contributed by atoms with E-state index >= 15 is 0 Å². The lowest BCUT2D eigenvalue weighted by Crippen LogP contribution is -2.18. The average Bonchev–Trinajstić information content (AvgIpc) is 2.32. The number of rotatable bonds is 6. The Hall–Kier alpha value is -1.81. The van der Waals surface area contributed by atoms with Gasteiger partial charge < -0.3 is 9.47 Å². The molecule has 0 heterocycles. The van der Waals surface area contributed by atoms with Gasteiger partial charge in [0.25, 0.3) is 0 Å². The Labute approximate surface area is 107 Å². The van der Waals surface area contributed by atoms with Crippen LogP contribution in [0.4, 0.5) is 17.6 Å². The first-order valence-corrected chi connectivity index (χ1v) is 5.40. The van der Waals surface area contributed by atoms with Crippen molar-refractivity contribution >= 4 is 0 Å². The number of alkyl halides is 3. The van der Waals surface area contributed by atoms with Crippen LogP contribution in [0, 0.1) is 17.1 Å². The molecule has 0 saturated heterocycles. The van der Waals surface area contributed by atoms with Crippen molar-refractivity contribution in [2.24, 2.45) is 0 Å². The highest BCUT2D eigenvalue weighted by atomic mass is 19.4. The third kappa shape index (κ3) is 5.57. The molecule has 0 aliphatic rings. The van der Waals surface area contributed by atoms with E-state index in [9.17, 15) is 17.6 Å². The Balaban J connectivity index is 2.31. The third-order valence-corrected chi connectivity index (χ3v) is 2.04. The van der Waals surface area contributed by atoms with Crippen LogP contribution in [0.1, 0.15) is 12.0 Å². The van der Waals surface area contributed by atoms with Crippen LogP contribution in [-0.4, -0.2) is 26.0 Å². The minimum atomic E-state index is -4.35. The number of ether oxygens (including phenoxy) is 2. The lowest BCUT2D eigenvalue weighted by atomic mass is 10.2. The number of nitrogens with zero attached hydrogens (tertiary/aromatic N) is 1. The molecule has 0 N–H and O–H groups in total. The molecule has 104 valence electrons. The summed E-state index contributed by atoms with van der Waals surface area (Å²) in [6.07, 6.45) is -4.14. The van der Waals surface area contributed by atoms with Crippen LogP contribution < -0.4 is 4.74 Å². The number of hydrogen-bond acceptors (Lipinski definition) is 3. The van der Waals surface area contributed by atoms with Crippen LogP contribution in [0.15, 0.2) is 18.2 Å². The molecular weight excluding hydrogens is 266 g/mol. The summed E-state index contributed by atoms with van der Waals surface area (Å²) in [4.78, 5) is 0. The molecule has 1 aromatic rings. The molecule has 0 spiro atoms. The van der Waals surface area contributed by atoms with Gasteiger partial charge in [-0.1, -0.05) is 6.07 Å². The minimum Gasteiger partial charge on any atom is -0.492 e. The van der Waals surface area contributed by atoms with Gasteiger partial charge in [0.1, 0.15) is 29.8 Å². The highest BCUT2D eigenvalue weighted by Gasteiger charge is 2.27. The van der Waals surface area contributed by atoms with Gasteiger partial charge >= 0.3 is 6.18 Å². The lowest BCUT2D eigenvalue weighted by Gasteiger charge is -2.09. The summed E-state index contributed by atoms with van der Waals surface area (Å²) >= 11 is 0. The molecule has 1 aromatic carbocycles. The van der Waals surface area contributed by atoms with Crippen LogP contribution in [0.25, 0.3) is 0 Å². The summed E-state index contributed by atoms with van der Waals surface area (Å²) in [5.74, 6) is -0.633. The molecule has 0 aromatic heterocycles. The first kappa shape index (κ1) is 15.2. The summed E-state index contributed by atoms with van der Waals surface area (Å²) in [7, 11) is 0. The lowest BCUT2D eigenvalue weighted by molar-refractivity contribution is -0.174. The van der Waals surface area contributed by atoms with Crippen LogP contribution in [0.2, 0.25) is 0 Å². The predicted molar refractivity (Wildman–Crippen MR) is 58.1 cm³/mol. The van der Waals surface area contributed by atoms with Gasteiger partial charge in [-0.2, -0.15) is 18.4 Å². The molecule has 1 rings (SSSR count). The first-order chi connectivity index (χ1) is 8.94. The Bertz CT molecular complexity index is 454. The molecule has 0 radical (unpaired) electrons. The molecule has 3 nitrogen and oxygen atoms in total. The summed E-state index contributed by atoms with van der Waals surface area (Å²) in [6.45, 7) is -1.40. The van der Waals surface area contributed by atoms with E-state index in [4.69, 9.17) is 10.00 Å². The normalized spacial score (nSPS) is 11.1. The van der Waals surface area contributed by atoms with Crippen molar-refractivity contribution in [1.82, 2.24) is 0 Å². The number of benzene rings is 1. The highest BCUT2D eigenvalue weighted by molar-refractivity contribution is 5.43. The van der Waals surface area contributed by atoms with Crippen molar-refractivity contribution in [3.63, 3.8) is 0 Å². The summed E-state index contributed by atoms with van der Waals surface area (Å²) < 4.78 is 57.9. The van der Waals surface area contributed by atoms with E-state index in [2.05, 4.69) is 4.74 Å². The Morgan fingerprint density at radius 1 is 1.21 bits per heavy atom. The quantitative estimate of drug-likeness (QED) is 0.593. The second-order valence-electron chi connectivity index (χ2n) is 3.59. The van der Waals surface area contributed by atoms with Crippen LogP contribution in [-0.2, 0) is 4.74 Å². The molecule has 0 fully saturated rings. The fraction of sp³-hybridized carbons (Fsp3) is 0.417. The molecule has 19 heavy (non-hydrogen) atoms. The monoisotopic (exact) mass is 277 g/mol. The van der Waals surface area contributed by atoms with Crippen molar-refractivity contribution in [3.05, 3.63) is 29.6 Å². The molecule has 0 bridgehead atoms. The van der Waals surface area contributed by atoms with E-state index in [0.717, 1.165) is 6.07 Å². The summed E-state index contributed by atoms with van der Waals surface area (Å²) in [5, 5.41) is 8.71. The van der Waals surface area contributed by atoms with Gasteiger partial charge in [-0.05, 0) is 12.1 Å². The Kier molecular flexibility index (Phi) is 5.57. The maximum Gasteiger partial charge on any atom is 0.411 e. The number of nitriles is 1. The zero-order valence-corrected chi connectivity index (χ0v) is 9.84. The van der Waals surface area contributed by atoms with Crippen molar-refractivity contribution in [1.29, 1.82) is 5.26 Å². The van der Waals surface area contributed by atoms with E-state index in [1.165, 1.54) is 12.1 Å². The fourth-order valence-corrected chi connectivity index (χ4v) is 1.26. The summed E-state index contributed by atoms with van der Waals surface area (Å²) in [5.41, 5.74) is -0.223. The van der Waals surface area contributed by atoms with Gasteiger partial charge in [0, 0.05) is 6.42 Å². The standard InChI is InChI=1S/C12H11F4NO2/c13-10-3-1-4-11(9(10)7-17)19-6-2-5-18-8-12(14,15)16/h1,3-4H,2,5-6,8H2. The highest BCUT2D eigenvalue weighted by Crippen LogP contribution is 2.20. The molecule has 0 unspecified atom stereocenters. The molecule has 0 amide bonds. The van der Waals surface area contributed by atoms with E-state index in [0.29, 0.717) is 0 Å². The van der Waals surface area contributed by atoms with Crippen LogP contribution >= 0.6 is 0 Å². The van der Waals surface area contributed by atoms with Crippen LogP contribution in [0.5, 0.6) is 5.75 Å². The number of halogens is 4. The number of hydrogen-bond donors (Lipinski definition) is 0. The molecule has 0 aliphatic heterocycles. The Morgan fingerprint density at radius 2 is 1.95 bits per heavy atom. The SMILES string of the molecule is N#Cc1c(F)cccc1OCCCOCC(F)(F)F. The van der Waals surface area contributed by atoms with Gasteiger partial charge in [-0.15, -0.1) is 0 Å². The van der Waals surface area contributed by atoms with Crippen molar-refractivity contribution in [2.45, 2.75) is 12.6 Å². The van der Waals surface area contributed by atoms with Gasteiger partial charge in [-0.3, -0.25) is 0 Å². The molecule has 0 aliphatic carbocycles. The molecular formula is C12H11F4NO2. The largest absolute Gasteiger partial charge is 0.492 e. The van der Waals surface area contributed by atoms with Crippen molar-refractivity contribution < 1.29 is 27.0 Å². The second-order valence-corrected chi connectivity index (χ2v) is 3.59.